The molecule has 3 rings (SSSR count). The van der Waals surface area contributed by atoms with Gasteiger partial charge >= 0.3 is 6.18 Å². The predicted octanol–water partition coefficient (Wildman–Crippen LogP) is 4.17. The first-order valence-corrected chi connectivity index (χ1v) is 8.00. The quantitative estimate of drug-likeness (QED) is 0.706. The summed E-state index contributed by atoms with van der Waals surface area (Å²) in [4.78, 5) is 20.3. The van der Waals surface area contributed by atoms with Gasteiger partial charge in [0.15, 0.2) is 0 Å². The number of alkyl halides is 3. The van der Waals surface area contributed by atoms with Crippen LogP contribution in [0.15, 0.2) is 67.0 Å². The van der Waals surface area contributed by atoms with Crippen LogP contribution in [0.2, 0.25) is 0 Å². The molecule has 0 atom stereocenters. The number of hydrogen-bond acceptors (Lipinski definition) is 4. The lowest BCUT2D eigenvalue weighted by atomic mass is 10.2. The lowest BCUT2D eigenvalue weighted by molar-refractivity contribution is -0.137. The Kier molecular flexibility index (Phi) is 5.35. The lowest BCUT2D eigenvalue weighted by Gasteiger charge is -2.10. The Morgan fingerprint density at radius 3 is 2.52 bits per heavy atom. The predicted molar refractivity (Wildman–Crippen MR) is 94.4 cm³/mol. The van der Waals surface area contributed by atoms with E-state index in [1.165, 1.54) is 30.5 Å². The molecule has 0 bridgehead atoms. The van der Waals surface area contributed by atoms with Crippen molar-refractivity contribution in [2.24, 2.45) is 0 Å². The molecule has 138 valence electrons. The van der Waals surface area contributed by atoms with Gasteiger partial charge < -0.3 is 10.6 Å². The van der Waals surface area contributed by atoms with Gasteiger partial charge in [-0.3, -0.25) is 9.78 Å². The Balaban J connectivity index is 1.62. The number of nitrogens with zero attached hydrogens (tertiary/aromatic N) is 2. The smallest absolute Gasteiger partial charge is 0.346 e. The minimum atomic E-state index is -4.42. The van der Waals surface area contributed by atoms with Crippen molar-refractivity contribution in [3.63, 3.8) is 0 Å². The molecule has 0 aliphatic heterocycles. The van der Waals surface area contributed by atoms with E-state index in [0.717, 1.165) is 17.8 Å². The number of rotatable bonds is 5. The van der Waals surface area contributed by atoms with Crippen molar-refractivity contribution in [2.75, 3.05) is 5.32 Å². The van der Waals surface area contributed by atoms with Crippen LogP contribution in [0, 0.1) is 0 Å². The van der Waals surface area contributed by atoms with E-state index in [1.807, 2.05) is 6.07 Å². The Morgan fingerprint density at radius 2 is 1.85 bits per heavy atom. The van der Waals surface area contributed by atoms with Crippen LogP contribution in [-0.2, 0) is 12.7 Å². The van der Waals surface area contributed by atoms with Gasteiger partial charge in [-0.15, -0.1) is 0 Å². The molecular weight excluding hydrogens is 357 g/mol. The molecule has 0 saturated carbocycles. The third-order valence-electron chi connectivity index (χ3n) is 3.64. The molecule has 0 aliphatic carbocycles. The summed E-state index contributed by atoms with van der Waals surface area (Å²) in [5.41, 5.74) is 0.560. The molecule has 1 amide bonds. The summed E-state index contributed by atoms with van der Waals surface area (Å²) in [5, 5.41) is 5.51. The standard InChI is InChI=1S/C19H15F3N4O/c20-19(21,22)14-4-3-6-15(10-14)26-17-8-7-13(11-24-17)18(27)25-12-16-5-1-2-9-23-16/h1-11H,12H2,(H,24,26)(H,25,27). The summed E-state index contributed by atoms with van der Waals surface area (Å²) < 4.78 is 38.3. The maximum Gasteiger partial charge on any atom is 0.416 e. The van der Waals surface area contributed by atoms with E-state index in [-0.39, 0.29) is 18.1 Å². The fraction of sp³-hybridized carbons (Fsp3) is 0.105. The number of carbonyl (C=O) groups is 1. The SMILES string of the molecule is O=C(NCc1ccccn1)c1ccc(Nc2cccc(C(F)(F)F)c2)nc1. The monoisotopic (exact) mass is 372 g/mol. The number of aromatic nitrogens is 2. The highest BCUT2D eigenvalue weighted by Gasteiger charge is 2.30. The highest BCUT2D eigenvalue weighted by atomic mass is 19.4. The molecule has 5 nitrogen and oxygen atoms in total. The van der Waals surface area contributed by atoms with Gasteiger partial charge in [-0.2, -0.15) is 13.2 Å². The van der Waals surface area contributed by atoms with E-state index in [1.54, 1.807) is 18.3 Å². The molecule has 0 radical (unpaired) electrons. The third-order valence-corrected chi connectivity index (χ3v) is 3.64. The van der Waals surface area contributed by atoms with Crippen LogP contribution in [0.1, 0.15) is 21.6 Å². The summed E-state index contributed by atoms with van der Waals surface area (Å²) in [6.07, 6.45) is -1.43. The van der Waals surface area contributed by atoms with Crippen molar-refractivity contribution in [1.82, 2.24) is 15.3 Å². The number of halogens is 3. The van der Waals surface area contributed by atoms with Gasteiger partial charge in [-0.1, -0.05) is 12.1 Å². The molecule has 3 aromatic rings. The van der Waals surface area contributed by atoms with Crippen molar-refractivity contribution >= 4 is 17.4 Å². The summed E-state index contributed by atoms with van der Waals surface area (Å²) in [6, 6.07) is 13.3. The molecule has 8 heteroatoms. The molecule has 0 unspecified atom stereocenters. The van der Waals surface area contributed by atoms with Gasteiger partial charge in [-0.25, -0.2) is 4.98 Å². The molecule has 27 heavy (non-hydrogen) atoms. The second kappa shape index (κ2) is 7.86. The molecule has 2 aromatic heterocycles. The van der Waals surface area contributed by atoms with Gasteiger partial charge in [0, 0.05) is 18.1 Å². The van der Waals surface area contributed by atoms with Gasteiger partial charge in [0.05, 0.1) is 23.4 Å². The van der Waals surface area contributed by atoms with Crippen LogP contribution in [0.5, 0.6) is 0 Å². The van der Waals surface area contributed by atoms with Crippen molar-refractivity contribution in [1.29, 1.82) is 0 Å². The van der Waals surface area contributed by atoms with Gasteiger partial charge in [0.1, 0.15) is 5.82 Å². The highest BCUT2D eigenvalue weighted by Crippen LogP contribution is 2.31. The Labute approximate surface area is 153 Å². The minimum Gasteiger partial charge on any atom is -0.346 e. The number of benzene rings is 1. The fourth-order valence-corrected chi connectivity index (χ4v) is 2.30. The number of amides is 1. The molecule has 2 N–H and O–H groups in total. The molecule has 1 aromatic carbocycles. The average molecular weight is 372 g/mol. The number of anilines is 2. The largest absolute Gasteiger partial charge is 0.416 e. The Morgan fingerprint density at radius 1 is 1.00 bits per heavy atom. The first-order chi connectivity index (χ1) is 12.9. The molecule has 0 fully saturated rings. The number of hydrogen-bond donors (Lipinski definition) is 2. The Bertz CT molecular complexity index is 912. The highest BCUT2D eigenvalue weighted by molar-refractivity contribution is 5.94. The molecular formula is C19H15F3N4O. The van der Waals surface area contributed by atoms with E-state index < -0.39 is 11.7 Å². The van der Waals surface area contributed by atoms with Gasteiger partial charge in [-0.05, 0) is 42.5 Å². The molecule has 0 saturated heterocycles. The van der Waals surface area contributed by atoms with E-state index in [2.05, 4.69) is 20.6 Å². The fourth-order valence-electron chi connectivity index (χ4n) is 2.30. The van der Waals surface area contributed by atoms with Crippen LogP contribution in [0.25, 0.3) is 0 Å². The first-order valence-electron chi connectivity index (χ1n) is 8.00. The molecule has 0 spiro atoms. The van der Waals surface area contributed by atoms with Crippen molar-refractivity contribution in [2.45, 2.75) is 12.7 Å². The zero-order chi connectivity index (χ0) is 19.3. The van der Waals surface area contributed by atoms with Crippen molar-refractivity contribution in [3.8, 4) is 0 Å². The van der Waals surface area contributed by atoms with Crippen LogP contribution >= 0.6 is 0 Å². The normalized spacial score (nSPS) is 11.1. The topological polar surface area (TPSA) is 66.9 Å². The van der Waals surface area contributed by atoms with Gasteiger partial charge in [0.2, 0.25) is 0 Å². The van der Waals surface area contributed by atoms with E-state index in [4.69, 9.17) is 0 Å². The van der Waals surface area contributed by atoms with E-state index in [9.17, 15) is 18.0 Å². The lowest BCUT2D eigenvalue weighted by Crippen LogP contribution is -2.23. The van der Waals surface area contributed by atoms with Gasteiger partial charge in [0.25, 0.3) is 5.91 Å². The number of nitrogens with one attached hydrogen (secondary N) is 2. The second-order valence-corrected chi connectivity index (χ2v) is 5.64. The molecule has 0 aliphatic rings. The Hall–Kier alpha value is -3.42. The maximum atomic E-state index is 12.8. The average Bonchev–Trinajstić information content (AvgIpc) is 2.67. The summed E-state index contributed by atoms with van der Waals surface area (Å²) in [6.45, 7) is 0.282. The second-order valence-electron chi connectivity index (χ2n) is 5.64. The third kappa shape index (κ3) is 5.04. The zero-order valence-electron chi connectivity index (χ0n) is 14.0. The van der Waals surface area contributed by atoms with Crippen LogP contribution in [0.4, 0.5) is 24.7 Å². The van der Waals surface area contributed by atoms with Crippen molar-refractivity contribution < 1.29 is 18.0 Å². The minimum absolute atomic E-state index is 0.254. The van der Waals surface area contributed by atoms with Crippen LogP contribution in [-0.4, -0.2) is 15.9 Å². The number of pyridine rings is 2. The summed E-state index contributed by atoms with van der Waals surface area (Å²) in [7, 11) is 0. The molecule has 2 heterocycles. The van der Waals surface area contributed by atoms with E-state index in [0.29, 0.717) is 11.4 Å². The van der Waals surface area contributed by atoms with Crippen LogP contribution < -0.4 is 10.6 Å². The van der Waals surface area contributed by atoms with E-state index >= 15 is 0 Å². The first kappa shape index (κ1) is 18.4. The number of carbonyl (C=O) groups excluding carboxylic acids is 1. The zero-order valence-corrected chi connectivity index (χ0v) is 14.0. The maximum absolute atomic E-state index is 12.8. The summed E-state index contributed by atoms with van der Waals surface area (Å²) in [5.74, 6) is 0.00868. The summed E-state index contributed by atoms with van der Waals surface area (Å²) >= 11 is 0. The van der Waals surface area contributed by atoms with Crippen LogP contribution in [0.3, 0.4) is 0 Å². The van der Waals surface area contributed by atoms with Crippen molar-refractivity contribution in [3.05, 3.63) is 83.8 Å².